The summed E-state index contributed by atoms with van der Waals surface area (Å²) in [7, 11) is 1.42. The van der Waals surface area contributed by atoms with Crippen LogP contribution in [0.2, 0.25) is 0 Å². The molecule has 0 amide bonds. The van der Waals surface area contributed by atoms with Gasteiger partial charge in [-0.15, -0.1) is 0 Å². The van der Waals surface area contributed by atoms with Crippen molar-refractivity contribution in [3.63, 3.8) is 0 Å². The summed E-state index contributed by atoms with van der Waals surface area (Å²) < 4.78 is 1.06. The fraction of sp³-hybridized carbons (Fsp3) is 0.200. The van der Waals surface area contributed by atoms with Crippen LogP contribution in [-0.4, -0.2) is 14.7 Å². The van der Waals surface area contributed by atoms with E-state index in [9.17, 15) is 10.1 Å². The number of aromatic nitrogens is 2. The van der Waals surface area contributed by atoms with Crippen LogP contribution < -0.4 is 0 Å². The third-order valence-corrected chi connectivity index (χ3v) is 1.14. The SMILES string of the molecule is [C-]#[N+]c1cc([N+](=O)[O-])n(C)n1. The van der Waals surface area contributed by atoms with Crippen LogP contribution in [-0.2, 0) is 7.05 Å². The molecular weight excluding hydrogens is 148 g/mol. The standard InChI is InChI=1S/C5H4N4O2/c1-6-4-3-5(9(10)11)8(2)7-4/h3H,2H3. The van der Waals surface area contributed by atoms with Crippen molar-refractivity contribution in [3.8, 4) is 0 Å². The molecular formula is C5H4N4O2. The van der Waals surface area contributed by atoms with Crippen LogP contribution >= 0.6 is 0 Å². The third-order valence-electron chi connectivity index (χ3n) is 1.14. The lowest BCUT2D eigenvalue weighted by molar-refractivity contribution is -0.392. The lowest BCUT2D eigenvalue weighted by atomic mass is 10.6. The molecule has 0 aliphatic carbocycles. The molecule has 0 aromatic carbocycles. The second kappa shape index (κ2) is 2.38. The topological polar surface area (TPSA) is 65.3 Å². The number of hydrogen-bond donors (Lipinski definition) is 0. The number of nitrogens with zero attached hydrogens (tertiary/aromatic N) is 4. The van der Waals surface area contributed by atoms with Gasteiger partial charge in [0.15, 0.2) is 0 Å². The average molecular weight is 152 g/mol. The fourth-order valence-corrected chi connectivity index (χ4v) is 0.668. The quantitative estimate of drug-likeness (QED) is 0.341. The Morgan fingerprint density at radius 2 is 2.55 bits per heavy atom. The Morgan fingerprint density at radius 3 is 2.82 bits per heavy atom. The Labute approximate surface area is 62.0 Å². The zero-order chi connectivity index (χ0) is 8.43. The molecule has 0 fully saturated rings. The van der Waals surface area contributed by atoms with E-state index in [4.69, 9.17) is 6.57 Å². The monoisotopic (exact) mass is 152 g/mol. The zero-order valence-electron chi connectivity index (χ0n) is 5.68. The van der Waals surface area contributed by atoms with Crippen LogP contribution in [0.5, 0.6) is 0 Å². The van der Waals surface area contributed by atoms with Crippen LogP contribution in [0.3, 0.4) is 0 Å². The summed E-state index contributed by atoms with van der Waals surface area (Å²) in [6.45, 7) is 6.52. The second-order valence-electron chi connectivity index (χ2n) is 1.85. The molecule has 1 heterocycles. The van der Waals surface area contributed by atoms with Gasteiger partial charge in [-0.3, -0.25) is 0 Å². The molecule has 0 N–H and O–H groups in total. The smallest absolute Gasteiger partial charge is 0.351 e. The number of hydrogen-bond acceptors (Lipinski definition) is 3. The Balaban J connectivity index is 3.20. The first kappa shape index (κ1) is 7.21. The van der Waals surface area contributed by atoms with Crippen molar-refractivity contribution in [2.45, 2.75) is 0 Å². The maximum absolute atomic E-state index is 10.2. The van der Waals surface area contributed by atoms with E-state index in [0.717, 1.165) is 10.7 Å². The summed E-state index contributed by atoms with van der Waals surface area (Å²) in [5.74, 6) is -0.129. The molecule has 0 aliphatic heterocycles. The molecule has 0 bridgehead atoms. The Morgan fingerprint density at radius 1 is 1.91 bits per heavy atom. The van der Waals surface area contributed by atoms with Crippen LogP contribution in [0, 0.1) is 16.7 Å². The van der Waals surface area contributed by atoms with Crippen LogP contribution in [0.1, 0.15) is 0 Å². The maximum atomic E-state index is 10.2. The van der Waals surface area contributed by atoms with E-state index >= 15 is 0 Å². The van der Waals surface area contributed by atoms with E-state index in [0.29, 0.717) is 0 Å². The molecule has 6 heteroatoms. The molecule has 0 unspecified atom stereocenters. The van der Waals surface area contributed by atoms with Crippen LogP contribution in [0.25, 0.3) is 4.85 Å². The summed E-state index contributed by atoms with van der Waals surface area (Å²) in [4.78, 5) is 12.6. The third kappa shape index (κ3) is 1.16. The number of rotatable bonds is 1. The van der Waals surface area contributed by atoms with Crippen LogP contribution in [0.15, 0.2) is 6.07 Å². The van der Waals surface area contributed by atoms with Gasteiger partial charge in [-0.2, -0.15) is 0 Å². The molecule has 56 valence electrons. The van der Waals surface area contributed by atoms with Crippen molar-refractivity contribution in [3.05, 3.63) is 27.6 Å². The highest BCUT2D eigenvalue weighted by atomic mass is 16.6. The minimum absolute atomic E-state index is 0.0409. The average Bonchev–Trinajstić information content (AvgIpc) is 2.30. The molecule has 6 nitrogen and oxygen atoms in total. The highest BCUT2D eigenvalue weighted by molar-refractivity contribution is 5.42. The number of nitro groups is 1. The lowest BCUT2D eigenvalue weighted by Crippen LogP contribution is -1.97. The molecule has 0 spiro atoms. The minimum atomic E-state index is -0.582. The predicted octanol–water partition coefficient (Wildman–Crippen LogP) is 0.879. The maximum Gasteiger partial charge on any atom is 0.351 e. The number of aryl methyl sites for hydroxylation is 1. The largest absolute Gasteiger partial charge is 0.358 e. The first-order valence-corrected chi connectivity index (χ1v) is 2.71. The molecule has 1 aromatic rings. The van der Waals surface area contributed by atoms with E-state index in [-0.39, 0.29) is 11.6 Å². The fourth-order valence-electron chi connectivity index (χ4n) is 0.668. The van der Waals surface area contributed by atoms with Gasteiger partial charge >= 0.3 is 11.6 Å². The van der Waals surface area contributed by atoms with Gasteiger partial charge in [-0.05, 0) is 4.92 Å². The summed E-state index contributed by atoms with van der Waals surface area (Å²) in [6.07, 6.45) is 0. The Hall–Kier alpha value is -1.90. The van der Waals surface area contributed by atoms with Gasteiger partial charge in [0.25, 0.3) is 0 Å². The van der Waals surface area contributed by atoms with Crippen LogP contribution in [0.4, 0.5) is 11.6 Å². The van der Waals surface area contributed by atoms with Crippen molar-refractivity contribution in [2.75, 3.05) is 0 Å². The molecule has 0 atom stereocenters. The molecule has 0 saturated heterocycles. The van der Waals surface area contributed by atoms with E-state index in [1.54, 1.807) is 0 Å². The first-order valence-electron chi connectivity index (χ1n) is 2.71. The van der Waals surface area contributed by atoms with E-state index in [1.165, 1.54) is 7.05 Å². The highest BCUT2D eigenvalue weighted by Crippen LogP contribution is 2.17. The van der Waals surface area contributed by atoms with E-state index in [1.807, 2.05) is 0 Å². The Bertz CT molecular complexity index is 335. The first-order chi connectivity index (χ1) is 5.15. The van der Waals surface area contributed by atoms with Crippen molar-refractivity contribution >= 4 is 11.6 Å². The van der Waals surface area contributed by atoms with Gasteiger partial charge in [0.1, 0.15) is 7.05 Å². The predicted molar refractivity (Wildman–Crippen MR) is 36.1 cm³/mol. The molecule has 1 rings (SSSR count). The molecule has 0 radical (unpaired) electrons. The summed E-state index contributed by atoms with van der Waals surface area (Å²) in [5.41, 5.74) is 0. The van der Waals surface area contributed by atoms with Crippen molar-refractivity contribution < 1.29 is 4.92 Å². The van der Waals surface area contributed by atoms with Crippen molar-refractivity contribution in [1.82, 2.24) is 9.78 Å². The Kier molecular flexibility index (Phi) is 1.56. The van der Waals surface area contributed by atoms with Gasteiger partial charge in [-0.1, -0.05) is 11.3 Å². The molecule has 0 saturated carbocycles. The van der Waals surface area contributed by atoms with Crippen molar-refractivity contribution in [1.29, 1.82) is 0 Å². The van der Waals surface area contributed by atoms with Gasteiger partial charge in [-0.25, -0.2) is 0 Å². The molecule has 1 aromatic heterocycles. The van der Waals surface area contributed by atoms with E-state index < -0.39 is 4.92 Å². The highest BCUT2D eigenvalue weighted by Gasteiger charge is 2.16. The van der Waals surface area contributed by atoms with Gasteiger partial charge in [0.2, 0.25) is 0 Å². The summed E-state index contributed by atoms with van der Waals surface area (Å²) >= 11 is 0. The van der Waals surface area contributed by atoms with E-state index in [2.05, 4.69) is 9.94 Å². The normalized spacial score (nSPS) is 9.09. The van der Waals surface area contributed by atoms with Gasteiger partial charge in [0, 0.05) is 0 Å². The summed E-state index contributed by atoms with van der Waals surface area (Å²) in [5, 5.41) is 13.8. The zero-order valence-corrected chi connectivity index (χ0v) is 5.68. The van der Waals surface area contributed by atoms with Gasteiger partial charge < -0.3 is 15.0 Å². The van der Waals surface area contributed by atoms with Crippen molar-refractivity contribution in [2.24, 2.45) is 7.05 Å². The summed E-state index contributed by atoms with van der Waals surface area (Å²) in [6, 6.07) is 1.13. The minimum Gasteiger partial charge on any atom is -0.358 e. The second-order valence-corrected chi connectivity index (χ2v) is 1.85. The molecule has 0 aliphatic rings. The molecule has 11 heavy (non-hydrogen) atoms. The van der Waals surface area contributed by atoms with Gasteiger partial charge in [0.05, 0.1) is 11.2 Å². The lowest BCUT2D eigenvalue weighted by Gasteiger charge is -1.87.